The predicted octanol–water partition coefficient (Wildman–Crippen LogP) is -0.517. The topological polar surface area (TPSA) is 92.5 Å². The van der Waals surface area contributed by atoms with E-state index in [-0.39, 0.29) is 30.2 Å². The molecule has 1 heterocycles. The summed E-state index contributed by atoms with van der Waals surface area (Å²) in [6.07, 6.45) is 0.903. The van der Waals surface area contributed by atoms with E-state index in [0.717, 1.165) is 0 Å². The van der Waals surface area contributed by atoms with E-state index in [2.05, 4.69) is 5.32 Å². The molecule has 0 aromatic carbocycles. The number of amides is 3. The van der Waals surface area contributed by atoms with E-state index in [4.69, 9.17) is 5.73 Å². The molecule has 0 bridgehead atoms. The molecule has 18 heavy (non-hydrogen) atoms. The maximum absolute atomic E-state index is 12.2. The predicted molar refractivity (Wildman–Crippen MR) is 66.3 cm³/mol. The fourth-order valence-corrected chi connectivity index (χ4v) is 2.06. The molecule has 1 atom stereocenters. The van der Waals surface area contributed by atoms with E-state index in [1.165, 1.54) is 4.90 Å². The number of piperidine rings is 1. The SMILES string of the molecule is CC(C)CN(CC(N)=O)C(=O)C1CCC(=O)NC1. The summed E-state index contributed by atoms with van der Waals surface area (Å²) in [5.74, 6) is -0.594. The Morgan fingerprint density at radius 3 is 2.61 bits per heavy atom. The van der Waals surface area contributed by atoms with E-state index in [1.807, 2.05) is 13.8 Å². The number of hydrogen-bond acceptors (Lipinski definition) is 3. The Labute approximate surface area is 107 Å². The van der Waals surface area contributed by atoms with Crippen molar-refractivity contribution in [3.8, 4) is 0 Å². The highest BCUT2D eigenvalue weighted by Crippen LogP contribution is 2.15. The number of nitrogens with two attached hydrogens (primary N) is 1. The van der Waals surface area contributed by atoms with Gasteiger partial charge in [0.1, 0.15) is 0 Å². The maximum Gasteiger partial charge on any atom is 0.237 e. The van der Waals surface area contributed by atoms with Gasteiger partial charge in [0.25, 0.3) is 0 Å². The third-order valence-electron chi connectivity index (χ3n) is 2.86. The zero-order valence-electron chi connectivity index (χ0n) is 10.9. The van der Waals surface area contributed by atoms with Gasteiger partial charge in [0.15, 0.2) is 0 Å². The smallest absolute Gasteiger partial charge is 0.237 e. The van der Waals surface area contributed by atoms with Gasteiger partial charge < -0.3 is 16.0 Å². The number of primary amides is 1. The zero-order chi connectivity index (χ0) is 13.7. The summed E-state index contributed by atoms with van der Waals surface area (Å²) in [6, 6.07) is 0. The highest BCUT2D eigenvalue weighted by molar-refractivity contribution is 5.87. The monoisotopic (exact) mass is 255 g/mol. The fourth-order valence-electron chi connectivity index (χ4n) is 2.06. The van der Waals surface area contributed by atoms with Gasteiger partial charge in [-0.25, -0.2) is 0 Å². The van der Waals surface area contributed by atoms with Gasteiger partial charge in [-0.1, -0.05) is 13.8 Å². The van der Waals surface area contributed by atoms with Crippen LogP contribution in [0.25, 0.3) is 0 Å². The van der Waals surface area contributed by atoms with E-state index in [9.17, 15) is 14.4 Å². The Hall–Kier alpha value is -1.59. The largest absolute Gasteiger partial charge is 0.368 e. The Kier molecular flexibility index (Phi) is 5.12. The highest BCUT2D eigenvalue weighted by Gasteiger charge is 2.29. The lowest BCUT2D eigenvalue weighted by Gasteiger charge is -2.29. The molecule has 0 radical (unpaired) electrons. The van der Waals surface area contributed by atoms with Crippen molar-refractivity contribution in [3.63, 3.8) is 0 Å². The second-order valence-electron chi connectivity index (χ2n) is 5.12. The van der Waals surface area contributed by atoms with Crippen LogP contribution in [0.1, 0.15) is 26.7 Å². The number of nitrogens with one attached hydrogen (secondary N) is 1. The first-order valence-corrected chi connectivity index (χ1v) is 6.24. The third kappa shape index (κ3) is 4.35. The van der Waals surface area contributed by atoms with Crippen LogP contribution in [0, 0.1) is 11.8 Å². The molecule has 1 unspecified atom stereocenters. The molecular formula is C12H21N3O3. The van der Waals surface area contributed by atoms with E-state index in [1.54, 1.807) is 0 Å². The van der Waals surface area contributed by atoms with Gasteiger partial charge in [-0.3, -0.25) is 14.4 Å². The first-order chi connectivity index (χ1) is 8.40. The van der Waals surface area contributed by atoms with Crippen molar-refractivity contribution >= 4 is 17.7 Å². The molecule has 0 aromatic heterocycles. The summed E-state index contributed by atoms with van der Waals surface area (Å²) in [7, 11) is 0. The first kappa shape index (κ1) is 14.5. The molecule has 3 N–H and O–H groups in total. The molecule has 0 spiro atoms. The van der Waals surface area contributed by atoms with E-state index < -0.39 is 5.91 Å². The van der Waals surface area contributed by atoms with Crippen LogP contribution >= 0.6 is 0 Å². The van der Waals surface area contributed by atoms with Crippen molar-refractivity contribution in [2.45, 2.75) is 26.7 Å². The lowest BCUT2D eigenvalue weighted by atomic mass is 9.97. The molecule has 6 heteroatoms. The molecule has 1 fully saturated rings. The van der Waals surface area contributed by atoms with Crippen LogP contribution in [0.2, 0.25) is 0 Å². The molecule has 0 aliphatic carbocycles. The summed E-state index contributed by atoms with van der Waals surface area (Å²) in [5, 5.41) is 2.67. The van der Waals surface area contributed by atoms with Gasteiger partial charge >= 0.3 is 0 Å². The van der Waals surface area contributed by atoms with Crippen molar-refractivity contribution in [1.82, 2.24) is 10.2 Å². The molecule has 1 aliphatic rings. The number of carbonyl (C=O) groups excluding carboxylic acids is 3. The standard InChI is InChI=1S/C12H21N3O3/c1-8(2)6-15(7-10(13)16)12(18)9-3-4-11(17)14-5-9/h8-9H,3-7H2,1-2H3,(H2,13,16)(H,14,17). The van der Waals surface area contributed by atoms with Gasteiger partial charge in [-0.2, -0.15) is 0 Å². The molecule has 3 amide bonds. The second-order valence-corrected chi connectivity index (χ2v) is 5.12. The first-order valence-electron chi connectivity index (χ1n) is 6.24. The van der Waals surface area contributed by atoms with Gasteiger partial charge in [0.2, 0.25) is 17.7 Å². The van der Waals surface area contributed by atoms with Crippen LogP contribution in [0.4, 0.5) is 0 Å². The number of nitrogens with zero attached hydrogens (tertiary/aromatic N) is 1. The van der Waals surface area contributed by atoms with E-state index in [0.29, 0.717) is 25.9 Å². The molecular weight excluding hydrogens is 234 g/mol. The molecule has 1 rings (SSSR count). The second kappa shape index (κ2) is 6.37. The van der Waals surface area contributed by atoms with Crippen LogP contribution in [0.15, 0.2) is 0 Å². The molecule has 1 aliphatic heterocycles. The summed E-state index contributed by atoms with van der Waals surface area (Å²) >= 11 is 0. The van der Waals surface area contributed by atoms with Crippen molar-refractivity contribution in [1.29, 1.82) is 0 Å². The minimum absolute atomic E-state index is 0.0237. The Morgan fingerprint density at radius 2 is 2.17 bits per heavy atom. The summed E-state index contributed by atoms with van der Waals surface area (Å²) < 4.78 is 0. The van der Waals surface area contributed by atoms with Crippen molar-refractivity contribution in [2.75, 3.05) is 19.6 Å². The van der Waals surface area contributed by atoms with Gasteiger partial charge in [-0.15, -0.1) is 0 Å². The van der Waals surface area contributed by atoms with E-state index >= 15 is 0 Å². The minimum atomic E-state index is -0.510. The summed E-state index contributed by atoms with van der Waals surface area (Å²) in [5.41, 5.74) is 5.16. The Morgan fingerprint density at radius 1 is 1.50 bits per heavy atom. The Bertz CT molecular complexity index is 331. The maximum atomic E-state index is 12.2. The Balaban J connectivity index is 2.62. The van der Waals surface area contributed by atoms with Crippen LogP contribution in [-0.2, 0) is 14.4 Å². The van der Waals surface area contributed by atoms with Crippen molar-refractivity contribution in [3.05, 3.63) is 0 Å². The number of rotatable bonds is 5. The molecule has 1 saturated heterocycles. The average Bonchev–Trinajstić information content (AvgIpc) is 2.27. The number of carbonyl (C=O) groups is 3. The van der Waals surface area contributed by atoms with Gasteiger partial charge in [-0.05, 0) is 12.3 Å². The molecule has 0 aromatic rings. The van der Waals surface area contributed by atoms with Crippen molar-refractivity contribution < 1.29 is 14.4 Å². The van der Waals surface area contributed by atoms with Crippen LogP contribution in [0.3, 0.4) is 0 Å². The van der Waals surface area contributed by atoms with Gasteiger partial charge in [0.05, 0.1) is 12.5 Å². The summed E-state index contributed by atoms with van der Waals surface area (Å²) in [4.78, 5) is 35.8. The highest BCUT2D eigenvalue weighted by atomic mass is 16.2. The fraction of sp³-hybridized carbons (Fsp3) is 0.750. The molecule has 6 nitrogen and oxygen atoms in total. The molecule has 102 valence electrons. The van der Waals surface area contributed by atoms with Crippen LogP contribution in [0.5, 0.6) is 0 Å². The van der Waals surface area contributed by atoms with Crippen LogP contribution < -0.4 is 11.1 Å². The molecule has 0 saturated carbocycles. The number of hydrogen-bond donors (Lipinski definition) is 2. The minimum Gasteiger partial charge on any atom is -0.368 e. The third-order valence-corrected chi connectivity index (χ3v) is 2.86. The lowest BCUT2D eigenvalue weighted by Crippen LogP contribution is -2.48. The quantitative estimate of drug-likeness (QED) is 0.692. The normalized spacial score (nSPS) is 19.5. The van der Waals surface area contributed by atoms with Crippen molar-refractivity contribution in [2.24, 2.45) is 17.6 Å². The van der Waals surface area contributed by atoms with Crippen LogP contribution in [-0.4, -0.2) is 42.3 Å². The lowest BCUT2D eigenvalue weighted by molar-refractivity contribution is -0.140. The average molecular weight is 255 g/mol. The zero-order valence-corrected chi connectivity index (χ0v) is 10.9. The summed E-state index contributed by atoms with van der Waals surface area (Å²) in [6.45, 7) is 4.76. The van der Waals surface area contributed by atoms with Gasteiger partial charge in [0, 0.05) is 19.5 Å².